The average Bonchev–Trinajstić information content (AvgIpc) is 2.60. The van der Waals surface area contributed by atoms with Gasteiger partial charge in [-0.3, -0.25) is 4.79 Å². The second kappa shape index (κ2) is 9.03. The van der Waals surface area contributed by atoms with Gasteiger partial charge in [-0.1, -0.05) is 11.6 Å². The van der Waals surface area contributed by atoms with E-state index in [1.165, 1.54) is 0 Å². The van der Waals surface area contributed by atoms with Gasteiger partial charge < -0.3 is 19.5 Å². The summed E-state index contributed by atoms with van der Waals surface area (Å²) < 4.78 is 15.9. The molecule has 1 N–H and O–H groups in total. The highest BCUT2D eigenvalue weighted by Gasteiger charge is 2.09. The fraction of sp³-hybridized carbons (Fsp3) is 0.278. The van der Waals surface area contributed by atoms with Crippen LogP contribution in [0.2, 0.25) is 5.02 Å². The first-order chi connectivity index (χ1) is 11.6. The van der Waals surface area contributed by atoms with E-state index in [4.69, 9.17) is 25.8 Å². The summed E-state index contributed by atoms with van der Waals surface area (Å²) in [4.78, 5) is 12.1. The van der Waals surface area contributed by atoms with Crippen LogP contribution in [0.15, 0.2) is 42.5 Å². The van der Waals surface area contributed by atoms with Crippen molar-refractivity contribution in [3.63, 3.8) is 0 Å². The smallest absolute Gasteiger partial charge is 0.224 e. The van der Waals surface area contributed by atoms with Gasteiger partial charge in [0, 0.05) is 17.5 Å². The van der Waals surface area contributed by atoms with E-state index in [1.54, 1.807) is 56.7 Å². The number of methoxy groups -OCH3 is 2. The van der Waals surface area contributed by atoms with Crippen molar-refractivity contribution in [1.29, 1.82) is 0 Å². The third-order valence-corrected chi connectivity index (χ3v) is 3.56. The lowest BCUT2D eigenvalue weighted by molar-refractivity contribution is -0.116. The normalized spacial score (nSPS) is 10.1. The minimum Gasteiger partial charge on any atom is -0.497 e. The molecule has 0 aliphatic carbocycles. The first-order valence-electron chi connectivity index (χ1n) is 7.52. The Morgan fingerprint density at radius 3 is 2.42 bits per heavy atom. The molecule has 0 bridgehead atoms. The summed E-state index contributed by atoms with van der Waals surface area (Å²) in [5.41, 5.74) is 0.584. The number of hydrogen-bond acceptors (Lipinski definition) is 4. The molecule has 2 aromatic carbocycles. The van der Waals surface area contributed by atoms with E-state index < -0.39 is 0 Å². The number of carbonyl (C=O) groups excluding carboxylic acids is 1. The molecular weight excluding hydrogens is 330 g/mol. The molecule has 6 heteroatoms. The van der Waals surface area contributed by atoms with Crippen molar-refractivity contribution in [1.82, 2.24) is 0 Å². The molecule has 1 amide bonds. The summed E-state index contributed by atoms with van der Waals surface area (Å²) in [5, 5.41) is 3.49. The van der Waals surface area contributed by atoms with Crippen LogP contribution in [-0.2, 0) is 4.79 Å². The lowest BCUT2D eigenvalue weighted by atomic mass is 10.2. The third-order valence-electron chi connectivity index (χ3n) is 3.31. The highest BCUT2D eigenvalue weighted by atomic mass is 35.5. The Hall–Kier alpha value is -2.40. The number of benzene rings is 2. The van der Waals surface area contributed by atoms with Crippen LogP contribution >= 0.6 is 11.6 Å². The van der Waals surface area contributed by atoms with Crippen LogP contribution in [0.1, 0.15) is 12.8 Å². The molecule has 128 valence electrons. The lowest BCUT2D eigenvalue weighted by Crippen LogP contribution is -2.13. The van der Waals surface area contributed by atoms with Crippen LogP contribution in [-0.4, -0.2) is 26.7 Å². The molecule has 0 aliphatic heterocycles. The molecule has 0 spiro atoms. The maximum atomic E-state index is 12.1. The second-order valence-electron chi connectivity index (χ2n) is 5.02. The highest BCUT2D eigenvalue weighted by Crippen LogP contribution is 2.29. The average molecular weight is 350 g/mol. The molecule has 0 saturated heterocycles. The molecule has 0 atom stereocenters. The number of nitrogens with one attached hydrogen (secondary N) is 1. The Kier molecular flexibility index (Phi) is 6.75. The van der Waals surface area contributed by atoms with Crippen LogP contribution in [0.4, 0.5) is 5.69 Å². The summed E-state index contributed by atoms with van der Waals surface area (Å²) in [6.45, 7) is 0.449. The summed E-state index contributed by atoms with van der Waals surface area (Å²) >= 11 is 5.81. The summed E-state index contributed by atoms with van der Waals surface area (Å²) in [6.07, 6.45) is 0.939. The minimum absolute atomic E-state index is 0.110. The first kappa shape index (κ1) is 17.9. The number of carbonyl (C=O) groups is 1. The van der Waals surface area contributed by atoms with Gasteiger partial charge in [0.2, 0.25) is 5.91 Å². The minimum atomic E-state index is -0.110. The fourth-order valence-corrected chi connectivity index (χ4v) is 2.20. The molecule has 0 aliphatic rings. The number of rotatable bonds is 8. The van der Waals surface area contributed by atoms with Crippen LogP contribution in [0, 0.1) is 0 Å². The van der Waals surface area contributed by atoms with E-state index in [-0.39, 0.29) is 5.91 Å². The fourth-order valence-electron chi connectivity index (χ4n) is 2.08. The molecule has 2 rings (SSSR count). The van der Waals surface area contributed by atoms with E-state index in [1.807, 2.05) is 0 Å². The molecule has 0 unspecified atom stereocenters. The Morgan fingerprint density at radius 2 is 1.75 bits per heavy atom. The van der Waals surface area contributed by atoms with Gasteiger partial charge in [-0.25, -0.2) is 0 Å². The quantitative estimate of drug-likeness (QED) is 0.727. The molecule has 0 heterocycles. The van der Waals surface area contributed by atoms with Crippen molar-refractivity contribution < 1.29 is 19.0 Å². The SMILES string of the molecule is COc1ccc(OC)c(NC(=O)CCCOc2ccc(Cl)cc2)c1. The van der Waals surface area contributed by atoms with Gasteiger partial charge in [0.05, 0.1) is 26.5 Å². The number of ether oxygens (including phenoxy) is 3. The van der Waals surface area contributed by atoms with Gasteiger partial charge in [-0.05, 0) is 42.8 Å². The molecule has 2 aromatic rings. The Morgan fingerprint density at radius 1 is 1.04 bits per heavy atom. The van der Waals surface area contributed by atoms with Crippen molar-refractivity contribution in [2.45, 2.75) is 12.8 Å². The second-order valence-corrected chi connectivity index (χ2v) is 5.46. The van der Waals surface area contributed by atoms with Crippen molar-refractivity contribution in [3.8, 4) is 17.2 Å². The van der Waals surface area contributed by atoms with Crippen LogP contribution in [0.5, 0.6) is 17.2 Å². The Bertz CT molecular complexity index is 673. The van der Waals surface area contributed by atoms with E-state index in [0.29, 0.717) is 41.7 Å². The van der Waals surface area contributed by atoms with Crippen molar-refractivity contribution in [2.75, 3.05) is 26.1 Å². The molecule has 0 saturated carbocycles. The third kappa shape index (κ3) is 5.35. The van der Waals surface area contributed by atoms with Crippen LogP contribution in [0.25, 0.3) is 0 Å². The van der Waals surface area contributed by atoms with E-state index >= 15 is 0 Å². The van der Waals surface area contributed by atoms with E-state index in [2.05, 4.69) is 5.32 Å². The standard InChI is InChI=1S/C18H20ClNO4/c1-22-15-9-10-17(23-2)16(12-15)20-18(21)4-3-11-24-14-7-5-13(19)6-8-14/h5-10,12H,3-4,11H2,1-2H3,(H,20,21). The molecule has 0 aromatic heterocycles. The topological polar surface area (TPSA) is 56.8 Å². The van der Waals surface area contributed by atoms with E-state index in [9.17, 15) is 4.79 Å². The summed E-state index contributed by atoms with van der Waals surface area (Å²) in [5.74, 6) is 1.86. The predicted molar refractivity (Wildman–Crippen MR) is 94.4 cm³/mol. The van der Waals surface area contributed by atoms with Crippen molar-refractivity contribution in [2.24, 2.45) is 0 Å². The zero-order chi connectivity index (χ0) is 17.4. The molecule has 0 fully saturated rings. The lowest BCUT2D eigenvalue weighted by Gasteiger charge is -2.12. The van der Waals surface area contributed by atoms with Gasteiger partial charge in [0.15, 0.2) is 0 Å². The Balaban J connectivity index is 1.80. The maximum Gasteiger partial charge on any atom is 0.224 e. The van der Waals surface area contributed by atoms with Crippen LogP contribution < -0.4 is 19.5 Å². The molecule has 0 radical (unpaired) electrons. The van der Waals surface area contributed by atoms with Gasteiger partial charge in [-0.15, -0.1) is 0 Å². The van der Waals surface area contributed by atoms with Gasteiger partial charge in [0.25, 0.3) is 0 Å². The monoisotopic (exact) mass is 349 g/mol. The van der Waals surface area contributed by atoms with Gasteiger partial charge >= 0.3 is 0 Å². The van der Waals surface area contributed by atoms with Crippen molar-refractivity contribution in [3.05, 3.63) is 47.5 Å². The molecule has 5 nitrogen and oxygen atoms in total. The van der Waals surface area contributed by atoms with Crippen molar-refractivity contribution >= 4 is 23.2 Å². The molecular formula is C18H20ClNO4. The number of anilines is 1. The predicted octanol–water partition coefficient (Wildman–Crippen LogP) is 4.15. The molecule has 24 heavy (non-hydrogen) atoms. The zero-order valence-electron chi connectivity index (χ0n) is 13.7. The van der Waals surface area contributed by atoms with E-state index in [0.717, 1.165) is 5.75 Å². The zero-order valence-corrected chi connectivity index (χ0v) is 14.4. The first-order valence-corrected chi connectivity index (χ1v) is 7.90. The number of halogens is 1. The van der Waals surface area contributed by atoms with Gasteiger partial charge in [-0.2, -0.15) is 0 Å². The number of amides is 1. The highest BCUT2D eigenvalue weighted by molar-refractivity contribution is 6.30. The largest absolute Gasteiger partial charge is 0.497 e. The summed E-state index contributed by atoms with van der Waals surface area (Å²) in [7, 11) is 3.12. The summed E-state index contributed by atoms with van der Waals surface area (Å²) in [6, 6.07) is 12.4. The van der Waals surface area contributed by atoms with Gasteiger partial charge in [0.1, 0.15) is 17.2 Å². The Labute approximate surface area is 146 Å². The van der Waals surface area contributed by atoms with Crippen LogP contribution in [0.3, 0.4) is 0 Å². The number of hydrogen-bond donors (Lipinski definition) is 1. The maximum absolute atomic E-state index is 12.1.